The van der Waals surface area contributed by atoms with Crippen molar-refractivity contribution in [1.29, 1.82) is 0 Å². The van der Waals surface area contributed by atoms with Gasteiger partial charge in [0.2, 0.25) is 0 Å². The highest BCUT2D eigenvalue weighted by Gasteiger charge is 2.23. The summed E-state index contributed by atoms with van der Waals surface area (Å²) in [6, 6.07) is 6.65. The molecule has 0 saturated heterocycles. The molecule has 2 heteroatoms. The first-order valence-electron chi connectivity index (χ1n) is 5.70. The maximum Gasteiger partial charge on any atom is 0.123 e. The molecule has 0 spiro atoms. The summed E-state index contributed by atoms with van der Waals surface area (Å²) < 4.78 is 5.85. The van der Waals surface area contributed by atoms with Crippen molar-refractivity contribution in [3.05, 3.63) is 29.3 Å². The molecule has 0 radical (unpaired) electrons. The first-order valence-corrected chi connectivity index (χ1v) is 5.70. The Bertz CT molecular complexity index is 348. The molecule has 0 amide bonds. The minimum atomic E-state index is 0.269. The van der Waals surface area contributed by atoms with Crippen LogP contribution >= 0.6 is 0 Å². The Hall–Kier alpha value is -1.02. The lowest BCUT2D eigenvalue weighted by atomic mass is 10.0. The molecule has 1 aromatic carbocycles. The van der Waals surface area contributed by atoms with Gasteiger partial charge in [0.05, 0.1) is 0 Å². The third-order valence-electron chi connectivity index (χ3n) is 3.05. The molecule has 82 valence electrons. The summed E-state index contributed by atoms with van der Waals surface area (Å²) in [6.45, 7) is 4.24. The molecule has 2 atom stereocenters. The number of hydrogen-bond donors (Lipinski definition) is 1. The van der Waals surface area contributed by atoms with E-state index in [1.165, 1.54) is 11.1 Å². The molecule has 2 unspecified atom stereocenters. The van der Waals surface area contributed by atoms with Crippen molar-refractivity contribution in [2.75, 3.05) is 0 Å². The van der Waals surface area contributed by atoms with Gasteiger partial charge in [0.15, 0.2) is 0 Å². The highest BCUT2D eigenvalue weighted by atomic mass is 16.5. The Morgan fingerprint density at radius 1 is 1.53 bits per heavy atom. The molecule has 1 heterocycles. The van der Waals surface area contributed by atoms with Crippen molar-refractivity contribution in [2.45, 2.75) is 45.3 Å². The predicted molar refractivity (Wildman–Crippen MR) is 62.2 cm³/mol. The topological polar surface area (TPSA) is 35.2 Å². The Morgan fingerprint density at radius 3 is 3.07 bits per heavy atom. The largest absolute Gasteiger partial charge is 0.490 e. The summed E-state index contributed by atoms with van der Waals surface area (Å²) in [4.78, 5) is 0. The quantitative estimate of drug-likeness (QED) is 0.822. The highest BCUT2D eigenvalue weighted by Crippen LogP contribution is 2.31. The standard InChI is InChI=1S/C13H19NO/c1-3-11(14)8-12-7-10-6-9(2)4-5-13(10)15-12/h4-6,11-12H,3,7-8,14H2,1-2H3. The number of ether oxygens (including phenoxy) is 1. The minimum Gasteiger partial charge on any atom is -0.490 e. The predicted octanol–water partition coefficient (Wildman–Crippen LogP) is 2.43. The first kappa shape index (κ1) is 10.5. The lowest BCUT2D eigenvalue weighted by Crippen LogP contribution is -2.27. The van der Waals surface area contributed by atoms with Crippen LogP contribution in [0.15, 0.2) is 18.2 Å². The molecular weight excluding hydrogens is 186 g/mol. The van der Waals surface area contributed by atoms with Gasteiger partial charge in [-0.3, -0.25) is 0 Å². The Balaban J connectivity index is 2.03. The summed E-state index contributed by atoms with van der Waals surface area (Å²) in [5.74, 6) is 1.05. The number of nitrogens with two attached hydrogens (primary N) is 1. The molecule has 0 fully saturated rings. The fourth-order valence-electron chi connectivity index (χ4n) is 2.09. The number of hydrogen-bond acceptors (Lipinski definition) is 2. The molecule has 0 aromatic heterocycles. The van der Waals surface area contributed by atoms with E-state index in [0.29, 0.717) is 0 Å². The van der Waals surface area contributed by atoms with E-state index in [9.17, 15) is 0 Å². The molecule has 2 nitrogen and oxygen atoms in total. The normalized spacial score (nSPS) is 20.9. The average Bonchev–Trinajstić information content (AvgIpc) is 2.59. The second kappa shape index (κ2) is 4.23. The lowest BCUT2D eigenvalue weighted by molar-refractivity contribution is 0.209. The second-order valence-corrected chi connectivity index (χ2v) is 4.46. The average molecular weight is 205 g/mol. The van der Waals surface area contributed by atoms with E-state index >= 15 is 0 Å². The smallest absolute Gasteiger partial charge is 0.123 e. The van der Waals surface area contributed by atoms with Gasteiger partial charge >= 0.3 is 0 Å². The van der Waals surface area contributed by atoms with Gasteiger partial charge in [-0.25, -0.2) is 0 Å². The molecule has 1 aromatic rings. The van der Waals surface area contributed by atoms with Gasteiger partial charge in [0.25, 0.3) is 0 Å². The number of rotatable bonds is 3. The summed E-state index contributed by atoms with van der Waals surface area (Å²) >= 11 is 0. The van der Waals surface area contributed by atoms with Crippen LogP contribution in [0.2, 0.25) is 0 Å². The van der Waals surface area contributed by atoms with E-state index < -0.39 is 0 Å². The van der Waals surface area contributed by atoms with E-state index in [2.05, 4.69) is 32.0 Å². The summed E-state index contributed by atoms with van der Waals surface area (Å²) in [5.41, 5.74) is 8.58. The molecule has 1 aliphatic heterocycles. The number of benzene rings is 1. The Labute approximate surface area is 91.4 Å². The van der Waals surface area contributed by atoms with Gasteiger partial charge in [-0.2, -0.15) is 0 Å². The van der Waals surface area contributed by atoms with Crippen LogP contribution in [-0.4, -0.2) is 12.1 Å². The fraction of sp³-hybridized carbons (Fsp3) is 0.538. The van der Waals surface area contributed by atoms with Gasteiger partial charge in [-0.05, 0) is 31.4 Å². The van der Waals surface area contributed by atoms with Crippen LogP contribution in [0.1, 0.15) is 30.9 Å². The lowest BCUT2D eigenvalue weighted by Gasteiger charge is -2.14. The summed E-state index contributed by atoms with van der Waals surface area (Å²) in [6.07, 6.45) is 3.29. The fourth-order valence-corrected chi connectivity index (χ4v) is 2.09. The summed E-state index contributed by atoms with van der Waals surface area (Å²) in [7, 11) is 0. The zero-order chi connectivity index (χ0) is 10.8. The van der Waals surface area contributed by atoms with Gasteiger partial charge in [-0.1, -0.05) is 24.6 Å². The van der Waals surface area contributed by atoms with Crippen LogP contribution in [0.4, 0.5) is 0 Å². The van der Waals surface area contributed by atoms with Crippen LogP contribution in [0.25, 0.3) is 0 Å². The maximum atomic E-state index is 5.94. The first-order chi connectivity index (χ1) is 7.19. The van der Waals surface area contributed by atoms with E-state index in [1.54, 1.807) is 0 Å². The highest BCUT2D eigenvalue weighted by molar-refractivity contribution is 5.40. The van der Waals surface area contributed by atoms with Crippen LogP contribution in [0.3, 0.4) is 0 Å². The van der Waals surface area contributed by atoms with Crippen molar-refractivity contribution in [3.63, 3.8) is 0 Å². The Morgan fingerprint density at radius 2 is 2.33 bits per heavy atom. The van der Waals surface area contributed by atoms with E-state index in [-0.39, 0.29) is 12.1 Å². The van der Waals surface area contributed by atoms with E-state index in [0.717, 1.165) is 25.0 Å². The summed E-state index contributed by atoms with van der Waals surface area (Å²) in [5, 5.41) is 0. The van der Waals surface area contributed by atoms with Crippen molar-refractivity contribution in [1.82, 2.24) is 0 Å². The molecule has 15 heavy (non-hydrogen) atoms. The van der Waals surface area contributed by atoms with Gasteiger partial charge in [-0.15, -0.1) is 0 Å². The second-order valence-electron chi connectivity index (χ2n) is 4.46. The number of aryl methyl sites for hydroxylation is 1. The molecular formula is C13H19NO. The van der Waals surface area contributed by atoms with Gasteiger partial charge in [0, 0.05) is 12.5 Å². The molecule has 0 saturated carbocycles. The molecule has 0 aliphatic carbocycles. The Kier molecular flexibility index (Phi) is 2.96. The molecule has 2 N–H and O–H groups in total. The van der Waals surface area contributed by atoms with Crippen LogP contribution in [-0.2, 0) is 6.42 Å². The minimum absolute atomic E-state index is 0.269. The third-order valence-corrected chi connectivity index (χ3v) is 3.05. The van der Waals surface area contributed by atoms with Crippen molar-refractivity contribution in [3.8, 4) is 5.75 Å². The monoisotopic (exact) mass is 205 g/mol. The van der Waals surface area contributed by atoms with Crippen molar-refractivity contribution < 1.29 is 4.74 Å². The maximum absolute atomic E-state index is 5.94. The zero-order valence-corrected chi connectivity index (χ0v) is 9.49. The molecule has 1 aliphatic rings. The van der Waals surface area contributed by atoms with Crippen LogP contribution in [0, 0.1) is 6.92 Å². The number of fused-ring (bicyclic) bond motifs is 1. The SMILES string of the molecule is CCC(N)CC1Cc2cc(C)ccc2O1. The van der Waals surface area contributed by atoms with Gasteiger partial charge < -0.3 is 10.5 Å². The van der Waals surface area contributed by atoms with E-state index in [1.807, 2.05) is 0 Å². The molecule has 2 rings (SSSR count). The molecule has 0 bridgehead atoms. The zero-order valence-electron chi connectivity index (χ0n) is 9.49. The van der Waals surface area contributed by atoms with Crippen molar-refractivity contribution in [2.24, 2.45) is 5.73 Å². The third kappa shape index (κ3) is 2.32. The van der Waals surface area contributed by atoms with Crippen LogP contribution in [0.5, 0.6) is 5.75 Å². The van der Waals surface area contributed by atoms with Crippen molar-refractivity contribution >= 4 is 0 Å². The van der Waals surface area contributed by atoms with E-state index in [4.69, 9.17) is 10.5 Å². The van der Waals surface area contributed by atoms with Gasteiger partial charge in [0.1, 0.15) is 11.9 Å². The van der Waals surface area contributed by atoms with Crippen LogP contribution < -0.4 is 10.5 Å².